The van der Waals surface area contributed by atoms with Gasteiger partial charge in [0.05, 0.1) is 0 Å². The van der Waals surface area contributed by atoms with Gasteiger partial charge in [-0.05, 0) is 26.0 Å². The first-order valence-corrected chi connectivity index (χ1v) is 8.88. The van der Waals surface area contributed by atoms with Gasteiger partial charge in [-0.25, -0.2) is 4.79 Å². The highest BCUT2D eigenvalue weighted by Gasteiger charge is 2.73. The van der Waals surface area contributed by atoms with Crippen LogP contribution in [0.1, 0.15) is 13.8 Å². The molecular formula is C17H20N2O6S. The summed E-state index contributed by atoms with van der Waals surface area (Å²) in [6.45, 7) is 3.22. The van der Waals surface area contributed by atoms with Gasteiger partial charge in [-0.15, -0.1) is 11.8 Å². The van der Waals surface area contributed by atoms with Crippen molar-refractivity contribution in [2.75, 3.05) is 13.7 Å². The van der Waals surface area contributed by atoms with E-state index in [0.29, 0.717) is 5.75 Å². The second-order valence-electron chi connectivity index (χ2n) is 6.62. The molecule has 0 bridgehead atoms. The lowest BCUT2D eigenvalue weighted by atomic mass is 9.93. The fourth-order valence-corrected chi connectivity index (χ4v) is 4.96. The van der Waals surface area contributed by atoms with Crippen LogP contribution in [0.3, 0.4) is 0 Å². The minimum Gasteiger partial charge on any atom is -0.484 e. The molecule has 0 aliphatic carbocycles. The molecular weight excluding hydrogens is 360 g/mol. The summed E-state index contributed by atoms with van der Waals surface area (Å²) in [5, 5.41) is 11.4. The minimum atomic E-state index is -1.58. The van der Waals surface area contributed by atoms with E-state index >= 15 is 0 Å². The SMILES string of the molecule is CO[C@]1(NC(=O)COc2ccccc2)C(=O)N2[C@@H](C(=O)O)C(C)(C)S[C@@H]21. The van der Waals surface area contributed by atoms with Gasteiger partial charge in [-0.3, -0.25) is 9.59 Å². The number of thioether (sulfide) groups is 1. The summed E-state index contributed by atoms with van der Waals surface area (Å²) < 4.78 is 10.0. The van der Waals surface area contributed by atoms with Crippen LogP contribution in [0, 0.1) is 0 Å². The van der Waals surface area contributed by atoms with Gasteiger partial charge in [0.2, 0.25) is 0 Å². The molecule has 9 heteroatoms. The molecule has 3 atom stereocenters. The number of methoxy groups -OCH3 is 1. The molecule has 2 N–H and O–H groups in total. The highest BCUT2D eigenvalue weighted by Crippen LogP contribution is 2.55. The van der Waals surface area contributed by atoms with E-state index in [-0.39, 0.29) is 6.61 Å². The number of nitrogens with zero attached hydrogens (tertiary/aromatic N) is 1. The molecule has 2 saturated heterocycles. The maximum atomic E-state index is 12.7. The number of para-hydroxylation sites is 1. The Hall–Kier alpha value is -2.26. The molecule has 0 saturated carbocycles. The molecule has 2 aliphatic heterocycles. The molecule has 2 heterocycles. The molecule has 2 fully saturated rings. The van der Waals surface area contributed by atoms with Gasteiger partial charge in [0.15, 0.2) is 6.61 Å². The van der Waals surface area contributed by atoms with Gasteiger partial charge in [0.1, 0.15) is 17.2 Å². The van der Waals surface area contributed by atoms with E-state index in [9.17, 15) is 19.5 Å². The average Bonchev–Trinajstić information content (AvgIpc) is 2.88. The van der Waals surface area contributed by atoms with Crippen molar-refractivity contribution < 1.29 is 29.0 Å². The van der Waals surface area contributed by atoms with Gasteiger partial charge in [0, 0.05) is 11.9 Å². The van der Waals surface area contributed by atoms with Crippen molar-refractivity contribution in [3.05, 3.63) is 30.3 Å². The first kappa shape index (κ1) is 18.5. The zero-order valence-corrected chi connectivity index (χ0v) is 15.4. The Kier molecular flexibility index (Phi) is 4.61. The summed E-state index contributed by atoms with van der Waals surface area (Å²) in [7, 11) is 1.31. The second-order valence-corrected chi connectivity index (χ2v) is 8.35. The Morgan fingerprint density at radius 3 is 2.54 bits per heavy atom. The van der Waals surface area contributed by atoms with Crippen molar-refractivity contribution in [1.29, 1.82) is 0 Å². The normalized spacial score (nSPS) is 28.9. The van der Waals surface area contributed by atoms with Crippen LogP contribution in [0.2, 0.25) is 0 Å². The highest BCUT2D eigenvalue weighted by molar-refractivity contribution is 8.01. The zero-order valence-electron chi connectivity index (χ0n) is 14.6. The zero-order chi connectivity index (χ0) is 19.1. The molecule has 0 radical (unpaired) electrons. The van der Waals surface area contributed by atoms with Crippen molar-refractivity contribution in [2.45, 2.75) is 35.7 Å². The summed E-state index contributed by atoms with van der Waals surface area (Å²) in [5.41, 5.74) is -1.58. The topological polar surface area (TPSA) is 105 Å². The van der Waals surface area contributed by atoms with E-state index in [1.807, 2.05) is 6.07 Å². The Morgan fingerprint density at radius 2 is 1.96 bits per heavy atom. The third-order valence-corrected chi connectivity index (χ3v) is 6.11. The Balaban J connectivity index is 1.71. The number of hydrogen-bond acceptors (Lipinski definition) is 6. The van der Waals surface area contributed by atoms with Crippen LogP contribution in [0.4, 0.5) is 0 Å². The highest BCUT2D eigenvalue weighted by atomic mass is 32.2. The number of fused-ring (bicyclic) bond motifs is 1. The summed E-state index contributed by atoms with van der Waals surface area (Å²) in [6.07, 6.45) is 0. The molecule has 2 amide bonds. The van der Waals surface area contributed by atoms with Crippen molar-refractivity contribution in [3.8, 4) is 5.75 Å². The summed E-state index contributed by atoms with van der Waals surface area (Å²) in [4.78, 5) is 37.8. The Bertz CT molecular complexity index is 740. The second kappa shape index (κ2) is 6.48. The summed E-state index contributed by atoms with van der Waals surface area (Å²) in [5.74, 6) is -1.65. The predicted octanol–water partition coefficient (Wildman–Crippen LogP) is 0.671. The Labute approximate surface area is 154 Å². The average molecular weight is 380 g/mol. The molecule has 0 aromatic heterocycles. The number of carbonyl (C=O) groups is 3. The molecule has 3 rings (SSSR count). The molecule has 0 unspecified atom stereocenters. The van der Waals surface area contributed by atoms with Crippen molar-refractivity contribution in [3.63, 3.8) is 0 Å². The van der Waals surface area contributed by atoms with E-state index in [1.54, 1.807) is 38.1 Å². The van der Waals surface area contributed by atoms with E-state index < -0.39 is 39.7 Å². The molecule has 1 aromatic carbocycles. The minimum absolute atomic E-state index is 0.286. The number of carboxylic acid groups (broad SMARTS) is 1. The fraction of sp³-hybridized carbons (Fsp3) is 0.471. The van der Waals surface area contributed by atoms with Crippen molar-refractivity contribution in [1.82, 2.24) is 10.2 Å². The van der Waals surface area contributed by atoms with Gasteiger partial charge < -0.3 is 24.8 Å². The number of ether oxygens (including phenoxy) is 2. The summed E-state index contributed by atoms with van der Waals surface area (Å²) >= 11 is 1.29. The Morgan fingerprint density at radius 1 is 1.31 bits per heavy atom. The maximum Gasteiger partial charge on any atom is 0.327 e. The third-order valence-electron chi connectivity index (χ3n) is 4.50. The van der Waals surface area contributed by atoms with E-state index in [1.165, 1.54) is 23.8 Å². The smallest absolute Gasteiger partial charge is 0.327 e. The van der Waals surface area contributed by atoms with Crippen LogP contribution < -0.4 is 10.1 Å². The number of carbonyl (C=O) groups excluding carboxylic acids is 2. The van der Waals surface area contributed by atoms with Crippen LogP contribution >= 0.6 is 11.8 Å². The van der Waals surface area contributed by atoms with Crippen LogP contribution in [0.15, 0.2) is 30.3 Å². The van der Waals surface area contributed by atoms with Crippen LogP contribution in [-0.2, 0) is 19.1 Å². The molecule has 2 aliphatic rings. The fourth-order valence-electron chi connectivity index (χ4n) is 3.29. The predicted molar refractivity (Wildman–Crippen MR) is 93.5 cm³/mol. The largest absolute Gasteiger partial charge is 0.484 e. The monoisotopic (exact) mass is 380 g/mol. The van der Waals surface area contributed by atoms with Crippen LogP contribution in [-0.4, -0.2) is 63.4 Å². The standard InChI is InChI=1S/C17H20N2O6S/c1-16(2)12(13(21)22)19-14(23)17(24-3,15(19)26-16)18-11(20)9-25-10-7-5-4-6-8-10/h4-8,12,15H,9H2,1-3H3,(H,18,20)(H,21,22)/t12-,15+,17+/m0/s1. The number of β-lactam (4-membered cyclic amide) rings is 1. The van der Waals surface area contributed by atoms with Gasteiger partial charge in [-0.2, -0.15) is 0 Å². The van der Waals surface area contributed by atoms with Crippen LogP contribution in [0.25, 0.3) is 0 Å². The molecule has 1 aromatic rings. The summed E-state index contributed by atoms with van der Waals surface area (Å²) in [6, 6.07) is 7.82. The van der Waals surface area contributed by atoms with E-state index in [4.69, 9.17) is 9.47 Å². The number of aliphatic carboxylic acids is 1. The number of carboxylic acids is 1. The lowest BCUT2D eigenvalue weighted by molar-refractivity contribution is -0.201. The van der Waals surface area contributed by atoms with Gasteiger partial charge >= 0.3 is 5.97 Å². The molecule has 8 nitrogen and oxygen atoms in total. The molecule has 140 valence electrons. The van der Waals surface area contributed by atoms with Crippen LogP contribution in [0.5, 0.6) is 5.75 Å². The first-order valence-electron chi connectivity index (χ1n) is 8.00. The van der Waals surface area contributed by atoms with Gasteiger partial charge in [-0.1, -0.05) is 18.2 Å². The van der Waals surface area contributed by atoms with Gasteiger partial charge in [0.25, 0.3) is 17.5 Å². The van der Waals surface area contributed by atoms with E-state index in [0.717, 1.165) is 0 Å². The number of benzene rings is 1. The van der Waals surface area contributed by atoms with E-state index in [2.05, 4.69) is 5.32 Å². The quantitative estimate of drug-likeness (QED) is 0.552. The molecule has 0 spiro atoms. The first-order chi connectivity index (χ1) is 12.2. The third kappa shape index (κ3) is 2.80. The lowest BCUT2D eigenvalue weighted by Gasteiger charge is -2.51. The molecule has 26 heavy (non-hydrogen) atoms. The number of nitrogens with one attached hydrogen (secondary N) is 1. The number of rotatable bonds is 6. The van der Waals surface area contributed by atoms with Crippen molar-refractivity contribution in [2.24, 2.45) is 0 Å². The lowest BCUT2D eigenvalue weighted by Crippen LogP contribution is -2.80. The number of hydrogen-bond donors (Lipinski definition) is 2. The van der Waals surface area contributed by atoms with Crippen molar-refractivity contribution >= 4 is 29.5 Å². The maximum absolute atomic E-state index is 12.7. The number of amides is 2.